The zero-order valence-corrected chi connectivity index (χ0v) is 10.5. The molecule has 1 saturated carbocycles. The van der Waals surface area contributed by atoms with Crippen molar-refractivity contribution in [2.45, 2.75) is 20.3 Å². The highest BCUT2D eigenvalue weighted by Gasteiger charge is 2.50. The number of hydrogen-bond acceptors (Lipinski definition) is 1. The topological polar surface area (TPSA) is 17.1 Å². The average Bonchev–Trinajstić information content (AvgIpc) is 2.99. The normalized spacial score (nSPS) is 20.9. The fraction of sp³-hybridized carbons (Fsp3) is 0.312. The SMILES string of the molecule is CC1(C)CC1C(=O)c1ccc(F)c2ccccc12. The van der Waals surface area contributed by atoms with Gasteiger partial charge in [0.2, 0.25) is 0 Å². The molecule has 0 aromatic heterocycles. The van der Waals surface area contributed by atoms with Gasteiger partial charge in [0.05, 0.1) is 0 Å². The third-order valence-corrected chi connectivity index (χ3v) is 3.97. The zero-order chi connectivity index (χ0) is 12.9. The summed E-state index contributed by atoms with van der Waals surface area (Å²) in [6, 6.07) is 10.2. The molecule has 0 heterocycles. The highest BCUT2D eigenvalue weighted by molar-refractivity contribution is 6.10. The largest absolute Gasteiger partial charge is 0.294 e. The highest BCUT2D eigenvalue weighted by atomic mass is 19.1. The average molecular weight is 242 g/mol. The maximum Gasteiger partial charge on any atom is 0.167 e. The van der Waals surface area contributed by atoms with Crippen LogP contribution in [0.3, 0.4) is 0 Å². The Labute approximate surface area is 106 Å². The van der Waals surface area contributed by atoms with Crippen molar-refractivity contribution >= 4 is 16.6 Å². The van der Waals surface area contributed by atoms with Crippen molar-refractivity contribution in [2.75, 3.05) is 0 Å². The molecule has 0 spiro atoms. The lowest BCUT2D eigenvalue weighted by Gasteiger charge is -2.07. The molecule has 2 aromatic rings. The van der Waals surface area contributed by atoms with Gasteiger partial charge in [-0.15, -0.1) is 0 Å². The number of fused-ring (bicyclic) bond motifs is 1. The van der Waals surface area contributed by atoms with E-state index in [-0.39, 0.29) is 22.9 Å². The lowest BCUT2D eigenvalue weighted by molar-refractivity contribution is 0.0955. The number of halogens is 1. The van der Waals surface area contributed by atoms with Crippen LogP contribution in [0.5, 0.6) is 0 Å². The molecule has 1 atom stereocenters. The van der Waals surface area contributed by atoms with Crippen molar-refractivity contribution in [1.29, 1.82) is 0 Å². The minimum Gasteiger partial charge on any atom is -0.294 e. The van der Waals surface area contributed by atoms with E-state index in [1.54, 1.807) is 18.2 Å². The van der Waals surface area contributed by atoms with Gasteiger partial charge in [-0.3, -0.25) is 4.79 Å². The minimum atomic E-state index is -0.266. The summed E-state index contributed by atoms with van der Waals surface area (Å²) in [4.78, 5) is 12.4. The first-order valence-corrected chi connectivity index (χ1v) is 6.22. The van der Waals surface area contributed by atoms with Crippen LogP contribution in [-0.4, -0.2) is 5.78 Å². The Balaban J connectivity index is 2.13. The second-order valence-corrected chi connectivity index (χ2v) is 5.75. The van der Waals surface area contributed by atoms with Gasteiger partial charge in [0.1, 0.15) is 5.82 Å². The summed E-state index contributed by atoms with van der Waals surface area (Å²) in [6.45, 7) is 4.20. The van der Waals surface area contributed by atoms with Gasteiger partial charge in [-0.25, -0.2) is 4.39 Å². The molecule has 1 nitrogen and oxygen atoms in total. The van der Waals surface area contributed by atoms with Crippen molar-refractivity contribution in [1.82, 2.24) is 0 Å². The van der Waals surface area contributed by atoms with Crippen LogP contribution in [0.25, 0.3) is 10.8 Å². The molecule has 0 N–H and O–H groups in total. The Morgan fingerprint density at radius 3 is 2.39 bits per heavy atom. The molecule has 0 amide bonds. The van der Waals surface area contributed by atoms with E-state index in [9.17, 15) is 9.18 Å². The summed E-state index contributed by atoms with van der Waals surface area (Å²) in [5.74, 6) is -0.0280. The van der Waals surface area contributed by atoms with Crippen LogP contribution in [0.15, 0.2) is 36.4 Å². The molecule has 2 aromatic carbocycles. The number of ketones is 1. The Kier molecular flexibility index (Phi) is 2.31. The first-order valence-electron chi connectivity index (χ1n) is 6.22. The maximum absolute atomic E-state index is 13.7. The van der Waals surface area contributed by atoms with E-state index in [4.69, 9.17) is 0 Å². The van der Waals surface area contributed by atoms with Gasteiger partial charge in [-0.1, -0.05) is 38.1 Å². The molecular weight excluding hydrogens is 227 g/mol. The third kappa shape index (κ3) is 1.64. The summed E-state index contributed by atoms with van der Waals surface area (Å²) in [6.07, 6.45) is 0.928. The molecule has 1 aliphatic carbocycles. The van der Waals surface area contributed by atoms with E-state index in [0.717, 1.165) is 11.8 Å². The summed E-state index contributed by atoms with van der Waals surface area (Å²) in [5, 5.41) is 1.26. The van der Waals surface area contributed by atoms with Crippen LogP contribution in [0, 0.1) is 17.2 Å². The van der Waals surface area contributed by atoms with Crippen LogP contribution < -0.4 is 0 Å². The number of benzene rings is 2. The Morgan fingerprint density at radius 1 is 1.17 bits per heavy atom. The second kappa shape index (κ2) is 3.64. The summed E-state index contributed by atoms with van der Waals surface area (Å²) in [5.41, 5.74) is 0.759. The lowest BCUT2D eigenvalue weighted by Crippen LogP contribution is -2.07. The monoisotopic (exact) mass is 242 g/mol. The van der Waals surface area contributed by atoms with Gasteiger partial charge in [-0.05, 0) is 29.4 Å². The molecule has 18 heavy (non-hydrogen) atoms. The van der Waals surface area contributed by atoms with Crippen molar-refractivity contribution in [2.24, 2.45) is 11.3 Å². The molecule has 1 unspecified atom stereocenters. The predicted octanol–water partition coefficient (Wildman–Crippen LogP) is 4.21. The van der Waals surface area contributed by atoms with Crippen molar-refractivity contribution in [3.8, 4) is 0 Å². The van der Waals surface area contributed by atoms with Crippen molar-refractivity contribution in [3.05, 3.63) is 47.8 Å². The van der Waals surface area contributed by atoms with Gasteiger partial charge in [0.25, 0.3) is 0 Å². The number of rotatable bonds is 2. The first-order chi connectivity index (χ1) is 8.50. The van der Waals surface area contributed by atoms with Crippen LogP contribution in [0.2, 0.25) is 0 Å². The molecule has 0 bridgehead atoms. The van der Waals surface area contributed by atoms with Gasteiger partial charge < -0.3 is 0 Å². The molecule has 1 fully saturated rings. The quantitative estimate of drug-likeness (QED) is 0.721. The number of carbonyl (C=O) groups is 1. The highest BCUT2D eigenvalue weighted by Crippen LogP contribution is 2.53. The fourth-order valence-electron chi connectivity index (χ4n) is 2.58. The molecule has 92 valence electrons. The molecule has 0 saturated heterocycles. The maximum atomic E-state index is 13.7. The van der Waals surface area contributed by atoms with Gasteiger partial charge in [-0.2, -0.15) is 0 Å². The minimum absolute atomic E-state index is 0.0892. The van der Waals surface area contributed by atoms with Gasteiger partial charge in [0, 0.05) is 16.9 Å². The van der Waals surface area contributed by atoms with E-state index < -0.39 is 0 Å². The standard InChI is InChI=1S/C16H15FO/c1-16(2)9-13(16)15(18)12-7-8-14(17)11-6-4-3-5-10(11)12/h3-8,13H,9H2,1-2H3. The number of Topliss-reactive ketones (excluding diaryl/α,β-unsaturated/α-hetero) is 1. The predicted molar refractivity (Wildman–Crippen MR) is 70.1 cm³/mol. The summed E-state index contributed by atoms with van der Waals surface area (Å²) >= 11 is 0. The van der Waals surface area contributed by atoms with Gasteiger partial charge in [0.15, 0.2) is 5.78 Å². The van der Waals surface area contributed by atoms with E-state index >= 15 is 0 Å². The molecule has 0 radical (unpaired) electrons. The van der Waals surface area contributed by atoms with E-state index in [1.807, 2.05) is 12.1 Å². The van der Waals surface area contributed by atoms with Crippen molar-refractivity contribution < 1.29 is 9.18 Å². The first kappa shape index (κ1) is 11.4. The molecule has 0 aliphatic heterocycles. The van der Waals surface area contributed by atoms with Crippen LogP contribution in [-0.2, 0) is 0 Å². The Morgan fingerprint density at radius 2 is 1.78 bits per heavy atom. The smallest absolute Gasteiger partial charge is 0.167 e. The summed E-state index contributed by atoms with van der Waals surface area (Å²) in [7, 11) is 0. The lowest BCUT2D eigenvalue weighted by atomic mass is 9.96. The molecular formula is C16H15FO. The third-order valence-electron chi connectivity index (χ3n) is 3.97. The second-order valence-electron chi connectivity index (χ2n) is 5.75. The van der Waals surface area contributed by atoms with Crippen molar-refractivity contribution in [3.63, 3.8) is 0 Å². The van der Waals surface area contributed by atoms with Gasteiger partial charge >= 0.3 is 0 Å². The zero-order valence-electron chi connectivity index (χ0n) is 10.5. The van der Waals surface area contributed by atoms with Crippen LogP contribution >= 0.6 is 0 Å². The van der Waals surface area contributed by atoms with E-state index in [0.29, 0.717) is 10.9 Å². The molecule has 2 heteroatoms. The van der Waals surface area contributed by atoms with Crippen LogP contribution in [0.1, 0.15) is 30.6 Å². The number of hydrogen-bond donors (Lipinski definition) is 0. The number of carbonyl (C=O) groups excluding carboxylic acids is 1. The Hall–Kier alpha value is -1.70. The van der Waals surface area contributed by atoms with E-state index in [1.165, 1.54) is 6.07 Å². The fourth-order valence-corrected chi connectivity index (χ4v) is 2.58. The summed E-state index contributed by atoms with van der Waals surface area (Å²) < 4.78 is 13.7. The molecule has 1 aliphatic rings. The van der Waals surface area contributed by atoms with Crippen LogP contribution in [0.4, 0.5) is 4.39 Å². The Bertz CT molecular complexity index is 643. The molecule has 3 rings (SSSR count). The van der Waals surface area contributed by atoms with E-state index in [2.05, 4.69) is 13.8 Å².